The summed E-state index contributed by atoms with van der Waals surface area (Å²) in [6.07, 6.45) is -2.92. The summed E-state index contributed by atoms with van der Waals surface area (Å²) in [5.74, 6) is 1.54. The van der Waals surface area contributed by atoms with Gasteiger partial charge < -0.3 is 14.2 Å². The van der Waals surface area contributed by atoms with Crippen LogP contribution in [0.4, 0.5) is 13.2 Å². The highest BCUT2D eigenvalue weighted by Gasteiger charge is 2.31. The van der Waals surface area contributed by atoms with E-state index >= 15 is 0 Å². The number of fused-ring (bicyclic) bond motifs is 1. The molecular weight excluding hydrogens is 391 g/mol. The number of alkyl halides is 3. The van der Waals surface area contributed by atoms with Gasteiger partial charge in [0.1, 0.15) is 11.6 Å². The maximum absolute atomic E-state index is 13.2. The third-order valence-corrected chi connectivity index (χ3v) is 5.43. The van der Waals surface area contributed by atoms with Crippen molar-refractivity contribution in [3.05, 3.63) is 59.4 Å². The molecule has 30 heavy (non-hydrogen) atoms. The first-order chi connectivity index (χ1) is 14.4. The van der Waals surface area contributed by atoms with Crippen LogP contribution >= 0.6 is 0 Å². The van der Waals surface area contributed by atoms with Crippen LogP contribution in [0.15, 0.2) is 42.5 Å². The Kier molecular flexibility index (Phi) is 7.02. The monoisotopic (exact) mass is 419 g/mol. The van der Waals surface area contributed by atoms with E-state index in [0.717, 1.165) is 60.8 Å². The highest BCUT2D eigenvalue weighted by Crippen LogP contribution is 2.32. The zero-order valence-electron chi connectivity index (χ0n) is 17.7. The average molecular weight is 419 g/mol. The highest BCUT2D eigenvalue weighted by molar-refractivity contribution is 5.77. The summed E-state index contributed by atoms with van der Waals surface area (Å²) in [5.41, 5.74) is 1.49. The first-order valence-corrected chi connectivity index (χ1v) is 10.3. The van der Waals surface area contributed by atoms with E-state index < -0.39 is 11.7 Å². The molecule has 1 heterocycles. The molecule has 0 fully saturated rings. The Bertz CT molecular complexity index is 960. The second-order valence-corrected chi connectivity index (χ2v) is 7.29. The Morgan fingerprint density at radius 3 is 2.33 bits per heavy atom. The van der Waals surface area contributed by atoms with Crippen LogP contribution in [0, 0.1) is 0 Å². The Hall–Kier alpha value is -2.54. The molecule has 0 spiro atoms. The maximum atomic E-state index is 13.2. The number of imidazole rings is 1. The molecule has 0 unspecified atom stereocenters. The molecule has 1 aromatic heterocycles. The van der Waals surface area contributed by atoms with Gasteiger partial charge in [-0.05, 0) is 62.0 Å². The zero-order chi connectivity index (χ0) is 21.7. The van der Waals surface area contributed by atoms with Crippen LogP contribution in [-0.2, 0) is 19.1 Å². The van der Waals surface area contributed by atoms with Crippen molar-refractivity contribution in [2.45, 2.75) is 39.4 Å². The molecule has 7 heteroatoms. The fraction of sp³-hybridized carbons (Fsp3) is 0.435. The largest absolute Gasteiger partial charge is 0.497 e. The van der Waals surface area contributed by atoms with Gasteiger partial charge in [0.25, 0.3) is 0 Å². The summed E-state index contributed by atoms with van der Waals surface area (Å²) in [7, 11) is 1.61. The number of benzene rings is 2. The van der Waals surface area contributed by atoms with Gasteiger partial charge in [0.2, 0.25) is 0 Å². The van der Waals surface area contributed by atoms with E-state index in [1.54, 1.807) is 13.2 Å². The molecule has 162 valence electrons. The van der Waals surface area contributed by atoms with Crippen LogP contribution in [0.5, 0.6) is 5.75 Å². The molecule has 0 bridgehead atoms. The van der Waals surface area contributed by atoms with E-state index in [1.165, 1.54) is 0 Å². The molecule has 2 aromatic carbocycles. The third-order valence-electron chi connectivity index (χ3n) is 5.43. The molecule has 0 aliphatic rings. The number of aryl methyl sites for hydroxylation is 1. The lowest BCUT2D eigenvalue weighted by Crippen LogP contribution is -2.25. The molecule has 0 radical (unpaired) electrons. The minimum Gasteiger partial charge on any atom is -0.497 e. The molecule has 0 N–H and O–H groups in total. The van der Waals surface area contributed by atoms with Gasteiger partial charge in [-0.2, -0.15) is 13.2 Å². The standard InChI is InChI=1S/C23H28F3N3O/c1-4-28(5-2)13-6-14-29-21-12-9-18(23(24,25)26)16-20(21)27-22(29)15-17-7-10-19(30-3)11-8-17/h7-12,16H,4-6,13-15H2,1-3H3. The molecule has 3 rings (SSSR count). The molecule has 3 aromatic rings. The SMILES string of the molecule is CCN(CC)CCCn1c(Cc2ccc(OC)cc2)nc2cc(C(F)(F)F)ccc21. The molecule has 0 amide bonds. The van der Waals surface area contributed by atoms with Crippen molar-refractivity contribution in [2.75, 3.05) is 26.7 Å². The number of nitrogens with zero attached hydrogens (tertiary/aromatic N) is 3. The van der Waals surface area contributed by atoms with Gasteiger partial charge in [0.15, 0.2) is 0 Å². The number of aromatic nitrogens is 2. The van der Waals surface area contributed by atoms with E-state index in [1.807, 2.05) is 24.3 Å². The maximum Gasteiger partial charge on any atom is 0.416 e. The van der Waals surface area contributed by atoms with Crippen LogP contribution in [0.25, 0.3) is 11.0 Å². The quantitative estimate of drug-likeness (QED) is 0.466. The van der Waals surface area contributed by atoms with E-state index in [0.29, 0.717) is 18.5 Å². The summed E-state index contributed by atoms with van der Waals surface area (Å²) in [6.45, 7) is 7.87. The molecule has 0 saturated carbocycles. The highest BCUT2D eigenvalue weighted by atomic mass is 19.4. The topological polar surface area (TPSA) is 30.3 Å². The van der Waals surface area contributed by atoms with Gasteiger partial charge in [-0.15, -0.1) is 0 Å². The lowest BCUT2D eigenvalue weighted by atomic mass is 10.1. The summed E-state index contributed by atoms with van der Waals surface area (Å²) in [4.78, 5) is 6.92. The fourth-order valence-electron chi connectivity index (χ4n) is 3.66. The first-order valence-electron chi connectivity index (χ1n) is 10.3. The van der Waals surface area contributed by atoms with Crippen molar-refractivity contribution in [3.8, 4) is 5.75 Å². The third kappa shape index (κ3) is 5.14. The van der Waals surface area contributed by atoms with Gasteiger partial charge in [0, 0.05) is 13.0 Å². The van der Waals surface area contributed by atoms with Crippen LogP contribution in [0.2, 0.25) is 0 Å². The van der Waals surface area contributed by atoms with Crippen molar-refractivity contribution >= 4 is 11.0 Å². The van der Waals surface area contributed by atoms with Gasteiger partial charge in [-0.3, -0.25) is 0 Å². The number of halogens is 3. The first kappa shape index (κ1) is 22.2. The van der Waals surface area contributed by atoms with Crippen molar-refractivity contribution in [3.63, 3.8) is 0 Å². The molecule has 0 saturated heterocycles. The molecular formula is C23H28F3N3O. The Labute approximate surface area is 175 Å². The van der Waals surface area contributed by atoms with Gasteiger partial charge in [-0.1, -0.05) is 26.0 Å². The van der Waals surface area contributed by atoms with E-state index in [-0.39, 0.29) is 0 Å². The zero-order valence-corrected chi connectivity index (χ0v) is 17.7. The molecule has 0 atom stereocenters. The number of rotatable bonds is 9. The summed E-state index contributed by atoms with van der Waals surface area (Å²) in [6, 6.07) is 11.5. The summed E-state index contributed by atoms with van der Waals surface area (Å²) < 4.78 is 46.7. The molecule has 4 nitrogen and oxygen atoms in total. The van der Waals surface area contributed by atoms with E-state index in [9.17, 15) is 13.2 Å². The average Bonchev–Trinajstić information content (AvgIpc) is 3.07. The van der Waals surface area contributed by atoms with Crippen LogP contribution in [-0.4, -0.2) is 41.2 Å². The smallest absolute Gasteiger partial charge is 0.416 e. The normalized spacial score (nSPS) is 12.1. The number of hydrogen-bond donors (Lipinski definition) is 0. The van der Waals surface area contributed by atoms with Gasteiger partial charge in [-0.25, -0.2) is 4.98 Å². The fourth-order valence-corrected chi connectivity index (χ4v) is 3.66. The van der Waals surface area contributed by atoms with Gasteiger partial charge >= 0.3 is 6.18 Å². The Morgan fingerprint density at radius 1 is 1.03 bits per heavy atom. The molecule has 0 aliphatic carbocycles. The Morgan fingerprint density at radius 2 is 1.73 bits per heavy atom. The van der Waals surface area contributed by atoms with Crippen LogP contribution < -0.4 is 4.74 Å². The minimum absolute atomic E-state index is 0.385. The van der Waals surface area contributed by atoms with Crippen molar-refractivity contribution in [1.29, 1.82) is 0 Å². The summed E-state index contributed by atoms with van der Waals surface area (Å²) >= 11 is 0. The molecule has 0 aliphatic heterocycles. The number of methoxy groups -OCH3 is 1. The summed E-state index contributed by atoms with van der Waals surface area (Å²) in [5, 5.41) is 0. The van der Waals surface area contributed by atoms with Crippen molar-refractivity contribution in [2.24, 2.45) is 0 Å². The van der Waals surface area contributed by atoms with Crippen molar-refractivity contribution in [1.82, 2.24) is 14.5 Å². The van der Waals surface area contributed by atoms with Crippen LogP contribution in [0.1, 0.15) is 37.2 Å². The lowest BCUT2D eigenvalue weighted by Gasteiger charge is -2.18. The Balaban J connectivity index is 1.92. The minimum atomic E-state index is -4.38. The van der Waals surface area contributed by atoms with E-state index in [4.69, 9.17) is 4.74 Å². The predicted molar refractivity (Wildman–Crippen MR) is 113 cm³/mol. The van der Waals surface area contributed by atoms with E-state index in [2.05, 4.69) is 28.3 Å². The number of hydrogen-bond acceptors (Lipinski definition) is 3. The number of ether oxygens (including phenoxy) is 1. The predicted octanol–water partition coefficient (Wildman–Crippen LogP) is 5.39. The van der Waals surface area contributed by atoms with Crippen molar-refractivity contribution < 1.29 is 17.9 Å². The lowest BCUT2D eigenvalue weighted by molar-refractivity contribution is -0.137. The van der Waals surface area contributed by atoms with Gasteiger partial charge in [0.05, 0.1) is 23.7 Å². The second-order valence-electron chi connectivity index (χ2n) is 7.29. The van der Waals surface area contributed by atoms with Crippen LogP contribution in [0.3, 0.4) is 0 Å². The second kappa shape index (κ2) is 9.51.